The van der Waals surface area contributed by atoms with E-state index in [1.807, 2.05) is 42.5 Å². The minimum absolute atomic E-state index is 0.0672. The van der Waals surface area contributed by atoms with Gasteiger partial charge in [-0.25, -0.2) is 0 Å². The summed E-state index contributed by atoms with van der Waals surface area (Å²) in [7, 11) is 1.62. The third-order valence-electron chi connectivity index (χ3n) is 3.91. The summed E-state index contributed by atoms with van der Waals surface area (Å²) in [5, 5.41) is 10.9. The van der Waals surface area contributed by atoms with Gasteiger partial charge in [0, 0.05) is 11.5 Å². The average molecular weight is 324 g/mol. The van der Waals surface area contributed by atoms with E-state index in [0.717, 1.165) is 27.7 Å². The van der Waals surface area contributed by atoms with Crippen molar-refractivity contribution in [2.45, 2.75) is 0 Å². The van der Waals surface area contributed by atoms with Crippen LogP contribution in [0.4, 0.5) is 0 Å². The molecule has 0 amide bonds. The van der Waals surface area contributed by atoms with Gasteiger partial charge in [0.25, 0.3) is 0 Å². The van der Waals surface area contributed by atoms with Crippen molar-refractivity contribution < 1.29 is 23.4 Å². The zero-order valence-electron chi connectivity index (χ0n) is 13.1. The van der Waals surface area contributed by atoms with E-state index in [9.17, 15) is 0 Å². The molecule has 2 aromatic heterocycles. The first-order valence-corrected chi connectivity index (χ1v) is 7.62. The third kappa shape index (κ3) is 2.30. The molecule has 0 fully saturated rings. The van der Waals surface area contributed by atoms with Crippen LogP contribution >= 0.6 is 0 Å². The van der Waals surface area contributed by atoms with Gasteiger partial charge in [0.2, 0.25) is 0 Å². The zero-order chi connectivity index (χ0) is 16.5. The van der Waals surface area contributed by atoms with Crippen LogP contribution in [-0.2, 0) is 0 Å². The fourth-order valence-corrected chi connectivity index (χ4v) is 2.80. The van der Waals surface area contributed by atoms with Crippen LogP contribution < -0.4 is 9.47 Å². The van der Waals surface area contributed by atoms with E-state index >= 15 is 0 Å². The Morgan fingerprint density at radius 2 is 1.92 bits per heavy atom. The second-order valence-corrected chi connectivity index (χ2v) is 5.34. The molecule has 24 heavy (non-hydrogen) atoms. The highest BCUT2D eigenvalue weighted by atomic mass is 16.5. The summed E-state index contributed by atoms with van der Waals surface area (Å²) < 4.78 is 22.6. The number of methoxy groups -OCH3 is 1. The summed E-state index contributed by atoms with van der Waals surface area (Å²) in [5.41, 5.74) is 2.23. The topological polar surface area (TPSA) is 65.0 Å². The Balaban J connectivity index is 1.92. The van der Waals surface area contributed by atoms with E-state index in [1.54, 1.807) is 13.4 Å². The van der Waals surface area contributed by atoms with E-state index < -0.39 is 0 Å². The highest BCUT2D eigenvalue weighted by Crippen LogP contribution is 2.43. The molecule has 0 bridgehead atoms. The van der Waals surface area contributed by atoms with Gasteiger partial charge in [-0.15, -0.1) is 0 Å². The van der Waals surface area contributed by atoms with Crippen molar-refractivity contribution in [3.63, 3.8) is 0 Å². The number of hydrogen-bond donors (Lipinski definition) is 1. The standard InChI is InChI=1S/C19H16O5/c1-21-12-6-7-13-15(11-23-17(13)10-12)19-18(22-9-8-20)14-4-2-3-5-16(14)24-19/h2-7,10-11,20H,8-9H2,1H3. The van der Waals surface area contributed by atoms with E-state index in [-0.39, 0.29) is 13.2 Å². The fourth-order valence-electron chi connectivity index (χ4n) is 2.80. The summed E-state index contributed by atoms with van der Waals surface area (Å²) in [4.78, 5) is 0. The molecule has 0 spiro atoms. The number of aliphatic hydroxyl groups excluding tert-OH is 1. The lowest BCUT2D eigenvalue weighted by atomic mass is 10.1. The van der Waals surface area contributed by atoms with Gasteiger partial charge in [0.1, 0.15) is 29.8 Å². The van der Waals surface area contributed by atoms with Gasteiger partial charge in [-0.3, -0.25) is 0 Å². The van der Waals surface area contributed by atoms with Crippen molar-refractivity contribution in [3.05, 3.63) is 48.7 Å². The molecular formula is C19H16O5. The van der Waals surface area contributed by atoms with E-state index in [4.69, 9.17) is 23.4 Å². The first-order valence-electron chi connectivity index (χ1n) is 7.62. The minimum Gasteiger partial charge on any atom is -0.497 e. The second-order valence-electron chi connectivity index (χ2n) is 5.34. The lowest BCUT2D eigenvalue weighted by molar-refractivity contribution is 0.202. The maximum Gasteiger partial charge on any atom is 0.181 e. The normalized spacial score (nSPS) is 11.2. The highest BCUT2D eigenvalue weighted by Gasteiger charge is 2.21. The van der Waals surface area contributed by atoms with E-state index in [1.165, 1.54) is 0 Å². The van der Waals surface area contributed by atoms with Crippen molar-refractivity contribution in [1.82, 2.24) is 0 Å². The van der Waals surface area contributed by atoms with Crippen LogP contribution in [-0.4, -0.2) is 25.4 Å². The number of benzene rings is 2. The van der Waals surface area contributed by atoms with E-state index in [0.29, 0.717) is 17.1 Å². The van der Waals surface area contributed by atoms with Crippen molar-refractivity contribution in [2.24, 2.45) is 0 Å². The van der Waals surface area contributed by atoms with Gasteiger partial charge in [-0.1, -0.05) is 12.1 Å². The predicted octanol–water partition coefficient (Wildman–Crippen LogP) is 4.23. The van der Waals surface area contributed by atoms with Gasteiger partial charge >= 0.3 is 0 Å². The molecule has 0 saturated carbocycles. The first kappa shape index (κ1) is 14.7. The third-order valence-corrected chi connectivity index (χ3v) is 3.91. The van der Waals surface area contributed by atoms with Crippen LogP contribution in [0.15, 0.2) is 57.6 Å². The molecular weight excluding hydrogens is 308 g/mol. The molecule has 122 valence electrons. The van der Waals surface area contributed by atoms with Gasteiger partial charge < -0.3 is 23.4 Å². The number of para-hydroxylation sites is 1. The smallest absolute Gasteiger partial charge is 0.181 e. The Morgan fingerprint density at radius 3 is 2.75 bits per heavy atom. The monoisotopic (exact) mass is 324 g/mol. The van der Waals surface area contributed by atoms with Crippen molar-refractivity contribution in [1.29, 1.82) is 0 Å². The van der Waals surface area contributed by atoms with Crippen molar-refractivity contribution in [3.8, 4) is 22.8 Å². The van der Waals surface area contributed by atoms with Gasteiger partial charge in [-0.05, 0) is 24.3 Å². The summed E-state index contributed by atoms with van der Waals surface area (Å²) in [5.74, 6) is 1.93. The van der Waals surface area contributed by atoms with Crippen LogP contribution in [0.3, 0.4) is 0 Å². The minimum atomic E-state index is -0.0672. The second kappa shape index (κ2) is 5.94. The molecule has 4 rings (SSSR count). The Bertz CT molecular complexity index is 996. The summed E-state index contributed by atoms with van der Waals surface area (Å²) in [6.45, 7) is 0.127. The van der Waals surface area contributed by atoms with Crippen LogP contribution in [0.5, 0.6) is 11.5 Å². The zero-order valence-corrected chi connectivity index (χ0v) is 13.1. The molecule has 0 radical (unpaired) electrons. The molecule has 4 aromatic rings. The van der Waals surface area contributed by atoms with Crippen molar-refractivity contribution >= 4 is 21.9 Å². The molecule has 0 aliphatic carbocycles. The largest absolute Gasteiger partial charge is 0.497 e. The Hall–Kier alpha value is -2.92. The van der Waals surface area contributed by atoms with Crippen LogP contribution in [0.1, 0.15) is 0 Å². The lowest BCUT2D eigenvalue weighted by Crippen LogP contribution is -2.01. The van der Waals surface area contributed by atoms with E-state index in [2.05, 4.69) is 0 Å². The molecule has 1 N–H and O–H groups in total. The Labute approximate surface area is 138 Å². The fraction of sp³-hybridized carbons (Fsp3) is 0.158. The summed E-state index contributed by atoms with van der Waals surface area (Å²) in [6.07, 6.45) is 1.65. The molecule has 0 saturated heterocycles. The summed E-state index contributed by atoms with van der Waals surface area (Å²) in [6, 6.07) is 13.3. The molecule has 5 nitrogen and oxygen atoms in total. The molecule has 2 aromatic carbocycles. The van der Waals surface area contributed by atoms with Gasteiger partial charge in [0.05, 0.1) is 24.7 Å². The lowest BCUT2D eigenvalue weighted by Gasteiger charge is -2.04. The molecule has 0 aliphatic rings. The van der Waals surface area contributed by atoms with Crippen LogP contribution in [0, 0.1) is 0 Å². The average Bonchev–Trinajstić information content (AvgIpc) is 3.20. The van der Waals surface area contributed by atoms with Crippen LogP contribution in [0.2, 0.25) is 0 Å². The number of aliphatic hydroxyl groups is 1. The maximum atomic E-state index is 9.10. The molecule has 0 atom stereocenters. The first-order chi connectivity index (χ1) is 11.8. The number of furan rings is 2. The van der Waals surface area contributed by atoms with Crippen molar-refractivity contribution in [2.75, 3.05) is 20.3 Å². The summed E-state index contributed by atoms with van der Waals surface area (Å²) >= 11 is 0. The van der Waals surface area contributed by atoms with Crippen LogP contribution in [0.25, 0.3) is 33.3 Å². The predicted molar refractivity (Wildman–Crippen MR) is 90.6 cm³/mol. The number of hydrogen-bond acceptors (Lipinski definition) is 5. The van der Waals surface area contributed by atoms with Gasteiger partial charge in [0.15, 0.2) is 11.5 Å². The van der Waals surface area contributed by atoms with Gasteiger partial charge in [-0.2, -0.15) is 0 Å². The number of ether oxygens (including phenoxy) is 2. The molecule has 0 unspecified atom stereocenters. The Kier molecular flexibility index (Phi) is 3.63. The maximum absolute atomic E-state index is 9.10. The number of fused-ring (bicyclic) bond motifs is 2. The quantitative estimate of drug-likeness (QED) is 0.595. The number of rotatable bonds is 5. The molecule has 0 aliphatic heterocycles. The highest BCUT2D eigenvalue weighted by molar-refractivity contribution is 5.99. The Morgan fingerprint density at radius 1 is 1.04 bits per heavy atom. The SMILES string of the molecule is COc1ccc2c(-c3oc4ccccc4c3OCCO)coc2c1. The molecule has 2 heterocycles. The molecule has 5 heteroatoms.